The van der Waals surface area contributed by atoms with Crippen LogP contribution in [0.5, 0.6) is 0 Å². The van der Waals surface area contributed by atoms with Gasteiger partial charge in [0.2, 0.25) is 0 Å². The average Bonchev–Trinajstić information content (AvgIpc) is 3.05. The first kappa shape index (κ1) is 22.0. The fourth-order valence-corrected chi connectivity index (χ4v) is 8.87. The largest absolute Gasteiger partial charge is 0.481 e. The van der Waals surface area contributed by atoms with Crippen LogP contribution in [0.4, 0.5) is 0 Å². The molecule has 0 saturated heterocycles. The van der Waals surface area contributed by atoms with Gasteiger partial charge in [0.05, 0.1) is 6.10 Å². The lowest BCUT2D eigenvalue weighted by Crippen LogP contribution is -2.60. The molecule has 0 aromatic carbocycles. The molecule has 4 saturated carbocycles. The van der Waals surface area contributed by atoms with Crippen molar-refractivity contribution in [3.63, 3.8) is 0 Å². The van der Waals surface area contributed by atoms with Gasteiger partial charge in [0.15, 0.2) is 0 Å². The Morgan fingerprint density at radius 3 is 2.47 bits per heavy atom. The standard InChI is InChI=1S/C26H40O4/c1-5-17-21-14-16(27)10-12-26(21,4)20-11-13-25(3)18(15(2)6-9-22(28)29)7-8-19(25)23(20)24(17)30/h5,15-21,23,27H,1,6-14H2,2-4H3,(H,28,29). The molecule has 0 aliphatic heterocycles. The lowest BCUT2D eigenvalue weighted by Gasteiger charge is -2.62. The highest BCUT2D eigenvalue weighted by atomic mass is 16.4. The first-order chi connectivity index (χ1) is 14.1. The van der Waals surface area contributed by atoms with Crippen LogP contribution in [0.25, 0.3) is 0 Å². The number of ketones is 1. The molecule has 168 valence electrons. The lowest BCUT2D eigenvalue weighted by molar-refractivity contribution is -0.168. The number of fused-ring (bicyclic) bond motifs is 5. The number of aliphatic hydroxyl groups excluding tert-OH is 1. The third-order valence-electron chi connectivity index (χ3n) is 10.4. The Balaban J connectivity index is 1.63. The number of aliphatic carboxylic acids is 1. The third-order valence-corrected chi connectivity index (χ3v) is 10.4. The van der Waals surface area contributed by atoms with Crippen molar-refractivity contribution < 1.29 is 19.8 Å². The van der Waals surface area contributed by atoms with E-state index in [1.165, 1.54) is 0 Å². The van der Waals surface area contributed by atoms with Gasteiger partial charge in [-0.2, -0.15) is 0 Å². The molecule has 0 bridgehead atoms. The van der Waals surface area contributed by atoms with Gasteiger partial charge in [0, 0.05) is 18.3 Å². The van der Waals surface area contributed by atoms with Crippen LogP contribution in [0.2, 0.25) is 0 Å². The summed E-state index contributed by atoms with van der Waals surface area (Å²) < 4.78 is 0. The van der Waals surface area contributed by atoms with Crippen molar-refractivity contribution in [1.82, 2.24) is 0 Å². The van der Waals surface area contributed by atoms with E-state index in [0.29, 0.717) is 29.5 Å². The molecule has 4 aliphatic carbocycles. The Morgan fingerprint density at radius 1 is 1.13 bits per heavy atom. The maximum Gasteiger partial charge on any atom is 0.303 e. The molecule has 4 aliphatic rings. The minimum absolute atomic E-state index is 0.111. The molecule has 0 amide bonds. The molecule has 4 heteroatoms. The van der Waals surface area contributed by atoms with Crippen molar-refractivity contribution in [2.75, 3.05) is 0 Å². The van der Waals surface area contributed by atoms with Crippen molar-refractivity contribution in [3.05, 3.63) is 12.7 Å². The molecule has 30 heavy (non-hydrogen) atoms. The fraction of sp³-hybridized carbons (Fsp3) is 0.846. The van der Waals surface area contributed by atoms with Gasteiger partial charge in [0.25, 0.3) is 0 Å². The number of Topliss-reactive ketones (excluding diaryl/α,β-unsaturated/α-hetero) is 1. The highest BCUT2D eigenvalue weighted by Gasteiger charge is 2.64. The molecule has 4 rings (SSSR count). The SMILES string of the molecule is C=CC1C(=O)C2C3CCC(C(C)CCC(=O)O)C3(C)CCC2C2(C)CCC(O)CC12. The van der Waals surface area contributed by atoms with Crippen molar-refractivity contribution in [1.29, 1.82) is 0 Å². The van der Waals surface area contributed by atoms with Crippen molar-refractivity contribution in [2.45, 2.75) is 84.7 Å². The lowest BCUT2D eigenvalue weighted by atomic mass is 9.42. The molecule has 0 radical (unpaired) electrons. The predicted molar refractivity (Wildman–Crippen MR) is 117 cm³/mol. The quantitative estimate of drug-likeness (QED) is 0.612. The number of carbonyl (C=O) groups is 2. The maximum absolute atomic E-state index is 13.8. The molecule has 10 unspecified atom stereocenters. The summed E-state index contributed by atoms with van der Waals surface area (Å²) in [5, 5.41) is 19.5. The molecule has 0 heterocycles. The minimum Gasteiger partial charge on any atom is -0.481 e. The number of allylic oxidation sites excluding steroid dienone is 1. The van der Waals surface area contributed by atoms with E-state index in [0.717, 1.165) is 51.4 Å². The van der Waals surface area contributed by atoms with Crippen molar-refractivity contribution in [2.24, 2.45) is 52.3 Å². The second-order valence-electron chi connectivity index (χ2n) is 11.6. The normalized spacial score (nSPS) is 48.9. The molecule has 4 nitrogen and oxygen atoms in total. The average molecular weight is 417 g/mol. The minimum atomic E-state index is -0.708. The molecule has 2 N–H and O–H groups in total. The summed E-state index contributed by atoms with van der Waals surface area (Å²) in [6.45, 7) is 11.1. The number of rotatable bonds is 5. The highest BCUT2D eigenvalue weighted by molar-refractivity contribution is 5.87. The monoisotopic (exact) mass is 416 g/mol. The van der Waals surface area contributed by atoms with Gasteiger partial charge >= 0.3 is 5.97 Å². The van der Waals surface area contributed by atoms with Crippen LogP contribution < -0.4 is 0 Å². The van der Waals surface area contributed by atoms with E-state index in [-0.39, 0.29) is 41.1 Å². The second-order valence-corrected chi connectivity index (χ2v) is 11.6. The number of carbonyl (C=O) groups excluding carboxylic acids is 1. The summed E-state index contributed by atoms with van der Waals surface area (Å²) in [6, 6.07) is 0. The van der Waals surface area contributed by atoms with Crippen LogP contribution in [0.3, 0.4) is 0 Å². The van der Waals surface area contributed by atoms with Gasteiger partial charge in [-0.25, -0.2) is 0 Å². The summed E-state index contributed by atoms with van der Waals surface area (Å²) in [4.78, 5) is 24.9. The number of carboxylic acid groups (broad SMARTS) is 1. The molecular weight excluding hydrogens is 376 g/mol. The Morgan fingerprint density at radius 2 is 1.80 bits per heavy atom. The van der Waals surface area contributed by atoms with Gasteiger partial charge in [-0.3, -0.25) is 9.59 Å². The number of aliphatic hydroxyl groups is 1. The molecule has 0 aromatic rings. The zero-order chi connectivity index (χ0) is 21.8. The van der Waals surface area contributed by atoms with Crippen LogP contribution in [-0.2, 0) is 9.59 Å². The van der Waals surface area contributed by atoms with Crippen molar-refractivity contribution in [3.8, 4) is 0 Å². The first-order valence-corrected chi connectivity index (χ1v) is 12.2. The molecule has 0 spiro atoms. The molecular formula is C26H40O4. The summed E-state index contributed by atoms with van der Waals surface area (Å²) in [5.41, 5.74) is 0.253. The Kier molecular flexibility index (Phi) is 5.70. The molecule has 0 aromatic heterocycles. The topological polar surface area (TPSA) is 74.6 Å². The van der Waals surface area contributed by atoms with E-state index >= 15 is 0 Å². The van der Waals surface area contributed by atoms with Gasteiger partial charge in [-0.05, 0) is 91.8 Å². The third kappa shape index (κ3) is 3.20. The summed E-state index contributed by atoms with van der Waals surface area (Å²) in [7, 11) is 0. The Hall–Kier alpha value is -1.16. The summed E-state index contributed by atoms with van der Waals surface area (Å²) >= 11 is 0. The fourth-order valence-electron chi connectivity index (χ4n) is 8.87. The van der Waals surface area contributed by atoms with Crippen LogP contribution in [-0.4, -0.2) is 28.1 Å². The van der Waals surface area contributed by atoms with E-state index in [1.54, 1.807) is 0 Å². The zero-order valence-electron chi connectivity index (χ0n) is 19.0. The maximum atomic E-state index is 13.8. The summed E-state index contributed by atoms with van der Waals surface area (Å²) in [5.74, 6) is 1.62. The smallest absolute Gasteiger partial charge is 0.303 e. The summed E-state index contributed by atoms with van der Waals surface area (Å²) in [6.07, 6.45) is 9.64. The van der Waals surface area contributed by atoms with Crippen LogP contribution in [0.1, 0.15) is 78.6 Å². The van der Waals surface area contributed by atoms with Gasteiger partial charge < -0.3 is 10.2 Å². The predicted octanol–water partition coefficient (Wildman–Crippen LogP) is 5.10. The zero-order valence-corrected chi connectivity index (χ0v) is 19.0. The highest BCUT2D eigenvalue weighted by Crippen LogP contribution is 2.68. The van der Waals surface area contributed by atoms with Gasteiger partial charge in [0.1, 0.15) is 5.78 Å². The number of hydrogen-bond acceptors (Lipinski definition) is 3. The second kappa shape index (κ2) is 7.76. The first-order valence-electron chi connectivity index (χ1n) is 12.2. The Bertz CT molecular complexity index is 716. The van der Waals surface area contributed by atoms with E-state index in [9.17, 15) is 14.7 Å². The van der Waals surface area contributed by atoms with Gasteiger partial charge in [-0.15, -0.1) is 6.58 Å². The van der Waals surface area contributed by atoms with Crippen LogP contribution in [0.15, 0.2) is 12.7 Å². The molecule has 10 atom stereocenters. The van der Waals surface area contributed by atoms with Gasteiger partial charge in [-0.1, -0.05) is 26.8 Å². The van der Waals surface area contributed by atoms with E-state index in [4.69, 9.17) is 5.11 Å². The number of hydrogen-bond donors (Lipinski definition) is 2. The van der Waals surface area contributed by atoms with Crippen molar-refractivity contribution >= 4 is 11.8 Å². The van der Waals surface area contributed by atoms with E-state index in [1.807, 2.05) is 6.08 Å². The number of carboxylic acids is 1. The van der Waals surface area contributed by atoms with E-state index in [2.05, 4.69) is 27.4 Å². The van der Waals surface area contributed by atoms with Crippen LogP contribution in [0, 0.1) is 52.3 Å². The van der Waals surface area contributed by atoms with Crippen LogP contribution >= 0.6 is 0 Å². The molecule has 4 fully saturated rings. The Labute approximate surface area is 181 Å². The van der Waals surface area contributed by atoms with E-state index < -0.39 is 5.97 Å².